The summed E-state index contributed by atoms with van der Waals surface area (Å²) in [5, 5.41) is 3.86. The number of nitrogens with one attached hydrogen (secondary N) is 1. The zero-order valence-corrected chi connectivity index (χ0v) is 14.3. The normalized spacial score (nSPS) is 11.7. The van der Waals surface area contributed by atoms with Crippen LogP contribution in [0.5, 0.6) is 0 Å². The van der Waals surface area contributed by atoms with Gasteiger partial charge >= 0.3 is 0 Å². The van der Waals surface area contributed by atoms with Crippen LogP contribution in [0.3, 0.4) is 0 Å². The first kappa shape index (κ1) is 15.3. The molecule has 0 radical (unpaired) electrons. The van der Waals surface area contributed by atoms with Gasteiger partial charge in [-0.1, -0.05) is 17.7 Å². The number of nitrogens with zero attached hydrogens (tertiary/aromatic N) is 2. The summed E-state index contributed by atoms with van der Waals surface area (Å²) in [6.45, 7) is 3.77. The summed E-state index contributed by atoms with van der Waals surface area (Å²) in [4.78, 5) is 0. The van der Waals surface area contributed by atoms with E-state index in [0.29, 0.717) is 10.2 Å². The van der Waals surface area contributed by atoms with Crippen molar-refractivity contribution < 1.29 is 8.42 Å². The lowest BCUT2D eigenvalue weighted by molar-refractivity contribution is 0.582. The van der Waals surface area contributed by atoms with Crippen LogP contribution in [0.25, 0.3) is 0 Å². The zero-order valence-electron chi connectivity index (χ0n) is 11.1. The van der Waals surface area contributed by atoms with Crippen LogP contribution >= 0.6 is 27.5 Å². The highest BCUT2D eigenvalue weighted by atomic mass is 79.9. The molecule has 0 unspecified atom stereocenters. The van der Waals surface area contributed by atoms with E-state index in [2.05, 4.69) is 25.8 Å². The average molecular weight is 379 g/mol. The number of sulfonamides is 1. The van der Waals surface area contributed by atoms with Gasteiger partial charge in [-0.15, -0.1) is 0 Å². The monoisotopic (exact) mass is 377 g/mol. The molecule has 2 rings (SSSR count). The van der Waals surface area contributed by atoms with Gasteiger partial charge in [0.05, 0.1) is 16.9 Å². The van der Waals surface area contributed by atoms with Crippen molar-refractivity contribution in [2.75, 3.05) is 4.72 Å². The number of aromatic nitrogens is 2. The highest BCUT2D eigenvalue weighted by Gasteiger charge is 2.24. The van der Waals surface area contributed by atoms with E-state index in [4.69, 9.17) is 11.6 Å². The van der Waals surface area contributed by atoms with Gasteiger partial charge in [0.1, 0.15) is 0 Å². The Bertz CT molecular complexity index is 728. The summed E-state index contributed by atoms with van der Waals surface area (Å²) in [6.07, 6.45) is 1.30. The average Bonchev–Trinajstić information content (AvgIpc) is 2.64. The third-order valence-electron chi connectivity index (χ3n) is 2.77. The van der Waals surface area contributed by atoms with Gasteiger partial charge in [-0.25, -0.2) is 0 Å². The van der Waals surface area contributed by atoms with Crippen LogP contribution in [0.4, 0.5) is 5.69 Å². The Kier molecular flexibility index (Phi) is 4.13. The smallest absolute Gasteiger partial charge is 0.277 e. The molecule has 0 bridgehead atoms. The molecule has 0 aliphatic heterocycles. The fourth-order valence-corrected chi connectivity index (χ4v) is 4.65. The van der Waals surface area contributed by atoms with Crippen LogP contribution in [0.1, 0.15) is 11.1 Å². The molecule has 1 aromatic carbocycles. The molecule has 0 amide bonds. The number of hydrogen-bond acceptors (Lipinski definition) is 3. The van der Waals surface area contributed by atoms with Crippen molar-refractivity contribution in [3.05, 3.63) is 39.0 Å². The second-order valence-electron chi connectivity index (χ2n) is 4.47. The fraction of sp³-hybridized carbons (Fsp3) is 0.250. The van der Waals surface area contributed by atoms with Gasteiger partial charge in [0.2, 0.25) is 0 Å². The van der Waals surface area contributed by atoms with Crippen LogP contribution in [-0.2, 0) is 17.1 Å². The van der Waals surface area contributed by atoms with Crippen LogP contribution in [0.2, 0.25) is 5.02 Å². The summed E-state index contributed by atoms with van der Waals surface area (Å²) in [6, 6.07) is 3.74. The maximum absolute atomic E-state index is 12.4. The minimum atomic E-state index is -3.80. The summed E-state index contributed by atoms with van der Waals surface area (Å²) in [5.74, 6) is 0. The molecule has 1 heterocycles. The Labute approximate surface area is 131 Å². The summed E-state index contributed by atoms with van der Waals surface area (Å²) in [7, 11) is -2.28. The first-order valence-corrected chi connectivity index (χ1v) is 8.35. The molecule has 0 saturated carbocycles. The highest BCUT2D eigenvalue weighted by Crippen LogP contribution is 2.31. The van der Waals surface area contributed by atoms with Gasteiger partial charge in [0, 0.05) is 11.5 Å². The third kappa shape index (κ3) is 2.84. The van der Waals surface area contributed by atoms with Gasteiger partial charge in [0.25, 0.3) is 10.0 Å². The number of benzene rings is 1. The molecule has 1 aromatic heterocycles. The van der Waals surface area contributed by atoms with Gasteiger partial charge in [0.15, 0.2) is 5.03 Å². The molecular weight excluding hydrogens is 366 g/mol. The molecule has 2 aromatic rings. The van der Waals surface area contributed by atoms with Crippen molar-refractivity contribution in [2.45, 2.75) is 18.9 Å². The Morgan fingerprint density at radius 3 is 2.50 bits per heavy atom. The third-order valence-corrected chi connectivity index (χ3v) is 5.25. The van der Waals surface area contributed by atoms with Crippen LogP contribution in [-0.4, -0.2) is 18.2 Å². The molecule has 1 N–H and O–H groups in total. The van der Waals surface area contributed by atoms with E-state index < -0.39 is 10.0 Å². The van der Waals surface area contributed by atoms with Crippen molar-refractivity contribution in [3.8, 4) is 0 Å². The number of rotatable bonds is 3. The predicted octanol–water partition coefficient (Wildman–Crippen LogP) is 3.25. The molecule has 0 spiro atoms. The highest BCUT2D eigenvalue weighted by molar-refractivity contribution is 9.10. The van der Waals surface area contributed by atoms with E-state index in [1.165, 1.54) is 17.9 Å². The van der Waals surface area contributed by atoms with Gasteiger partial charge in [-0.05, 0) is 47.0 Å². The van der Waals surface area contributed by atoms with Crippen molar-refractivity contribution >= 4 is 43.2 Å². The van der Waals surface area contributed by atoms with E-state index in [1.807, 2.05) is 26.0 Å². The molecule has 8 heteroatoms. The van der Waals surface area contributed by atoms with Crippen molar-refractivity contribution in [2.24, 2.45) is 7.05 Å². The van der Waals surface area contributed by atoms with E-state index in [1.54, 1.807) is 0 Å². The topological polar surface area (TPSA) is 64.0 Å². The second-order valence-corrected chi connectivity index (χ2v) is 7.32. The minimum absolute atomic E-state index is 0.0639. The van der Waals surface area contributed by atoms with Crippen LogP contribution < -0.4 is 4.72 Å². The lowest BCUT2D eigenvalue weighted by atomic mass is 10.1. The Morgan fingerprint density at radius 2 is 2.00 bits per heavy atom. The summed E-state index contributed by atoms with van der Waals surface area (Å²) < 4.78 is 29.3. The molecule has 20 heavy (non-hydrogen) atoms. The quantitative estimate of drug-likeness (QED) is 0.891. The largest absolute Gasteiger partial charge is 0.280 e. The predicted molar refractivity (Wildman–Crippen MR) is 82.6 cm³/mol. The first-order valence-electron chi connectivity index (χ1n) is 5.69. The first-order chi connectivity index (χ1) is 9.22. The summed E-state index contributed by atoms with van der Waals surface area (Å²) in [5.41, 5.74) is 2.35. The Balaban J connectivity index is 2.50. The van der Waals surface area contributed by atoms with Crippen molar-refractivity contribution in [1.29, 1.82) is 0 Å². The standard InChI is InChI=1S/C12H13BrClN3O2S/c1-7-4-8(2)11(9(13)5-7)16-20(18,19)12-10(14)6-15-17(12)3/h4-6,16H,1-3H3. The number of anilines is 1. The van der Waals surface area contributed by atoms with Gasteiger partial charge < -0.3 is 0 Å². The molecule has 0 aliphatic carbocycles. The van der Waals surface area contributed by atoms with Crippen molar-refractivity contribution in [1.82, 2.24) is 9.78 Å². The SMILES string of the molecule is Cc1cc(C)c(NS(=O)(=O)c2c(Cl)cnn2C)c(Br)c1. The Hall–Kier alpha value is -1.05. The number of hydrogen-bond donors (Lipinski definition) is 1. The van der Waals surface area contributed by atoms with Gasteiger partial charge in [-0.2, -0.15) is 13.5 Å². The molecule has 0 atom stereocenters. The molecule has 0 aliphatic rings. The van der Waals surface area contributed by atoms with E-state index >= 15 is 0 Å². The molecule has 108 valence electrons. The van der Waals surface area contributed by atoms with E-state index in [-0.39, 0.29) is 10.0 Å². The number of halogens is 2. The maximum Gasteiger partial charge on any atom is 0.280 e. The van der Waals surface area contributed by atoms with Crippen LogP contribution in [0, 0.1) is 13.8 Å². The lowest BCUT2D eigenvalue weighted by Gasteiger charge is -2.13. The second kappa shape index (κ2) is 5.38. The summed E-state index contributed by atoms with van der Waals surface area (Å²) >= 11 is 9.25. The lowest BCUT2D eigenvalue weighted by Crippen LogP contribution is -2.18. The van der Waals surface area contributed by atoms with E-state index in [9.17, 15) is 8.42 Å². The number of aryl methyl sites for hydroxylation is 3. The molecule has 0 fully saturated rings. The fourth-order valence-electron chi connectivity index (χ4n) is 1.93. The molecular formula is C12H13BrClN3O2S. The maximum atomic E-state index is 12.4. The minimum Gasteiger partial charge on any atom is -0.277 e. The van der Waals surface area contributed by atoms with Gasteiger partial charge in [-0.3, -0.25) is 9.40 Å². The molecule has 5 nitrogen and oxygen atoms in total. The molecule has 0 saturated heterocycles. The van der Waals surface area contributed by atoms with Crippen molar-refractivity contribution in [3.63, 3.8) is 0 Å². The Morgan fingerprint density at radius 1 is 1.35 bits per heavy atom. The van der Waals surface area contributed by atoms with E-state index in [0.717, 1.165) is 11.1 Å². The van der Waals surface area contributed by atoms with Crippen LogP contribution in [0.15, 0.2) is 27.8 Å². The zero-order chi connectivity index (χ0) is 15.1.